The van der Waals surface area contributed by atoms with Gasteiger partial charge in [-0.05, 0) is 67.6 Å². The van der Waals surface area contributed by atoms with E-state index in [1.807, 2.05) is 12.1 Å². The first-order valence-corrected chi connectivity index (χ1v) is 13.3. The Bertz CT molecular complexity index is 1510. The Balaban J connectivity index is 1.23. The van der Waals surface area contributed by atoms with Crippen LogP contribution in [0.1, 0.15) is 39.1 Å². The summed E-state index contributed by atoms with van der Waals surface area (Å²) in [5, 5.41) is 8.03. The number of fused-ring (bicyclic) bond motifs is 1. The van der Waals surface area contributed by atoms with Gasteiger partial charge in [-0.2, -0.15) is 18.3 Å². The van der Waals surface area contributed by atoms with Gasteiger partial charge >= 0.3 is 6.18 Å². The van der Waals surface area contributed by atoms with Crippen molar-refractivity contribution < 1.29 is 22.8 Å². The van der Waals surface area contributed by atoms with Crippen molar-refractivity contribution in [2.45, 2.75) is 25.9 Å². The number of likely N-dealkylation sites (tertiary alicyclic amines) is 1. The number of aryl methyl sites for hydroxylation is 1. The van der Waals surface area contributed by atoms with Crippen LogP contribution in [0.4, 0.5) is 13.2 Å². The summed E-state index contributed by atoms with van der Waals surface area (Å²) in [4.78, 5) is 33.3. The number of piperidine rings is 1. The molecule has 2 aromatic carbocycles. The first-order chi connectivity index (χ1) is 19.1. The summed E-state index contributed by atoms with van der Waals surface area (Å²) in [7, 11) is 0. The monoisotopic (exact) mass is 569 g/mol. The molecule has 7 nitrogen and oxygen atoms in total. The molecule has 0 bridgehead atoms. The highest BCUT2D eigenvalue weighted by Gasteiger charge is 2.36. The van der Waals surface area contributed by atoms with E-state index in [0.29, 0.717) is 53.0 Å². The summed E-state index contributed by atoms with van der Waals surface area (Å²) in [6.07, 6.45) is -0.347. The van der Waals surface area contributed by atoms with E-state index < -0.39 is 18.6 Å². The topological polar surface area (TPSA) is 82.2 Å². The number of nitrogens with zero attached hydrogens (tertiary/aromatic N) is 4. The second kappa shape index (κ2) is 11.3. The number of amides is 2. The van der Waals surface area contributed by atoms with Crippen LogP contribution in [0.25, 0.3) is 22.2 Å². The number of pyridine rings is 1. The van der Waals surface area contributed by atoms with E-state index in [4.69, 9.17) is 11.6 Å². The second-order valence-corrected chi connectivity index (χ2v) is 10.5. The van der Waals surface area contributed by atoms with E-state index in [1.54, 1.807) is 54.5 Å². The fourth-order valence-corrected chi connectivity index (χ4v) is 5.25. The van der Waals surface area contributed by atoms with Gasteiger partial charge in [0.15, 0.2) is 0 Å². The van der Waals surface area contributed by atoms with Crippen LogP contribution in [0.2, 0.25) is 5.02 Å². The average Bonchev–Trinajstić information content (AvgIpc) is 3.42. The quantitative estimate of drug-likeness (QED) is 0.302. The number of alkyl halides is 3. The SMILES string of the molecule is Cc1c(C(=O)N(CC2CCN(C(=O)c3ccc(-c4ccc(Cl)cn4)cc3)CC2)CC(F)(F)F)ccc2n[nH]cc12. The lowest BCUT2D eigenvalue weighted by Gasteiger charge is -2.35. The zero-order valence-corrected chi connectivity index (χ0v) is 22.5. The molecule has 1 saturated heterocycles. The number of rotatable bonds is 6. The number of H-pyrrole nitrogens is 1. The molecule has 40 heavy (non-hydrogen) atoms. The molecule has 0 saturated carbocycles. The number of aromatic amines is 1. The Morgan fingerprint density at radius 1 is 1.07 bits per heavy atom. The minimum atomic E-state index is -4.53. The van der Waals surface area contributed by atoms with E-state index in [0.717, 1.165) is 16.2 Å². The van der Waals surface area contributed by atoms with Crippen LogP contribution in [0, 0.1) is 12.8 Å². The number of aromatic nitrogens is 3. The highest BCUT2D eigenvalue weighted by Crippen LogP contribution is 2.27. The maximum Gasteiger partial charge on any atom is 0.406 e. The van der Waals surface area contributed by atoms with Crippen molar-refractivity contribution in [2.75, 3.05) is 26.2 Å². The van der Waals surface area contributed by atoms with Crippen LogP contribution in [0.3, 0.4) is 0 Å². The van der Waals surface area contributed by atoms with Crippen LogP contribution >= 0.6 is 11.6 Å². The number of hydrogen-bond acceptors (Lipinski definition) is 4. The predicted molar refractivity (Wildman–Crippen MR) is 146 cm³/mol. The van der Waals surface area contributed by atoms with Gasteiger partial charge in [0, 0.05) is 54.1 Å². The normalized spacial score (nSPS) is 14.5. The molecule has 0 unspecified atom stereocenters. The molecule has 2 amide bonds. The molecular weight excluding hydrogens is 543 g/mol. The van der Waals surface area contributed by atoms with E-state index in [1.165, 1.54) is 6.07 Å². The summed E-state index contributed by atoms with van der Waals surface area (Å²) in [5.74, 6) is -0.959. The minimum Gasteiger partial charge on any atom is -0.339 e. The smallest absolute Gasteiger partial charge is 0.339 e. The number of nitrogens with one attached hydrogen (secondary N) is 1. The molecule has 1 aliphatic heterocycles. The fraction of sp³-hybridized carbons (Fsp3) is 0.310. The third-order valence-electron chi connectivity index (χ3n) is 7.31. The van der Waals surface area contributed by atoms with Crippen LogP contribution in [0.15, 0.2) is 60.9 Å². The molecule has 0 spiro atoms. The van der Waals surface area contributed by atoms with Crippen molar-refractivity contribution in [3.8, 4) is 11.3 Å². The minimum absolute atomic E-state index is 0.0357. The predicted octanol–water partition coefficient (Wildman–Crippen LogP) is 6.14. The molecule has 2 aromatic heterocycles. The van der Waals surface area contributed by atoms with Gasteiger partial charge in [-0.3, -0.25) is 19.7 Å². The molecule has 5 rings (SSSR count). The number of carbonyl (C=O) groups is 2. The maximum absolute atomic E-state index is 13.5. The van der Waals surface area contributed by atoms with Gasteiger partial charge in [0.2, 0.25) is 0 Å². The van der Waals surface area contributed by atoms with Crippen LogP contribution < -0.4 is 0 Å². The highest BCUT2D eigenvalue weighted by molar-refractivity contribution is 6.30. The zero-order chi connectivity index (χ0) is 28.4. The average molecular weight is 570 g/mol. The van der Waals surface area contributed by atoms with Gasteiger partial charge in [0.25, 0.3) is 11.8 Å². The van der Waals surface area contributed by atoms with Gasteiger partial charge in [-0.15, -0.1) is 0 Å². The number of carbonyl (C=O) groups excluding carboxylic acids is 2. The number of hydrogen-bond donors (Lipinski definition) is 1. The highest BCUT2D eigenvalue weighted by atomic mass is 35.5. The van der Waals surface area contributed by atoms with Crippen LogP contribution in [-0.2, 0) is 0 Å². The molecule has 208 valence electrons. The summed E-state index contributed by atoms with van der Waals surface area (Å²) in [6.45, 7) is 1.14. The van der Waals surface area contributed by atoms with E-state index in [2.05, 4.69) is 15.2 Å². The molecule has 11 heteroatoms. The summed E-state index contributed by atoms with van der Waals surface area (Å²) in [5.41, 5.74) is 3.56. The van der Waals surface area contributed by atoms with E-state index in [-0.39, 0.29) is 23.9 Å². The first kappa shape index (κ1) is 27.6. The van der Waals surface area contributed by atoms with Crippen LogP contribution in [-0.4, -0.2) is 69.2 Å². The van der Waals surface area contributed by atoms with Gasteiger partial charge in [0.05, 0.1) is 16.2 Å². The Hall–Kier alpha value is -3.92. The van der Waals surface area contributed by atoms with Gasteiger partial charge < -0.3 is 9.80 Å². The van der Waals surface area contributed by atoms with Gasteiger partial charge in [-0.1, -0.05) is 23.7 Å². The lowest BCUT2D eigenvalue weighted by atomic mass is 9.94. The molecule has 0 radical (unpaired) electrons. The van der Waals surface area contributed by atoms with Crippen molar-refractivity contribution in [3.63, 3.8) is 0 Å². The fourth-order valence-electron chi connectivity index (χ4n) is 5.14. The van der Waals surface area contributed by atoms with Crippen molar-refractivity contribution in [3.05, 3.63) is 82.6 Å². The van der Waals surface area contributed by atoms with Crippen molar-refractivity contribution in [1.82, 2.24) is 25.0 Å². The lowest BCUT2D eigenvalue weighted by molar-refractivity contribution is -0.142. The first-order valence-electron chi connectivity index (χ1n) is 12.9. The largest absolute Gasteiger partial charge is 0.406 e. The molecule has 1 fully saturated rings. The number of halogens is 4. The molecule has 0 atom stereocenters. The Morgan fingerprint density at radius 2 is 1.80 bits per heavy atom. The summed E-state index contributed by atoms with van der Waals surface area (Å²) in [6, 6.07) is 13.8. The second-order valence-electron chi connectivity index (χ2n) is 10.0. The van der Waals surface area contributed by atoms with Crippen molar-refractivity contribution in [2.24, 2.45) is 5.92 Å². The van der Waals surface area contributed by atoms with E-state index >= 15 is 0 Å². The lowest BCUT2D eigenvalue weighted by Crippen LogP contribution is -2.45. The van der Waals surface area contributed by atoms with Crippen molar-refractivity contribution >= 4 is 34.3 Å². The van der Waals surface area contributed by atoms with Crippen LogP contribution in [0.5, 0.6) is 0 Å². The standard InChI is InChI=1S/C29H27ClF3N5O2/c1-18-23(7-9-26-24(18)15-35-36-26)28(40)38(17-29(31,32)33)16-19-10-12-37(13-11-19)27(39)21-4-2-20(3-5-21)25-8-6-22(30)14-34-25/h2-9,14-15,19H,10-13,16-17H2,1H3,(H,35,36). The van der Waals surface area contributed by atoms with Gasteiger partial charge in [-0.25, -0.2) is 0 Å². The summed E-state index contributed by atoms with van der Waals surface area (Å²) >= 11 is 5.90. The molecule has 1 N–H and O–H groups in total. The maximum atomic E-state index is 13.5. The zero-order valence-electron chi connectivity index (χ0n) is 21.7. The van der Waals surface area contributed by atoms with Gasteiger partial charge in [0.1, 0.15) is 6.54 Å². The third kappa shape index (κ3) is 6.12. The number of benzene rings is 2. The molecule has 1 aliphatic rings. The van der Waals surface area contributed by atoms with Crippen molar-refractivity contribution in [1.29, 1.82) is 0 Å². The molecule has 0 aliphatic carbocycles. The Labute approximate surface area is 233 Å². The Morgan fingerprint density at radius 3 is 2.45 bits per heavy atom. The molecule has 4 aromatic rings. The summed E-state index contributed by atoms with van der Waals surface area (Å²) < 4.78 is 40.4. The third-order valence-corrected chi connectivity index (χ3v) is 7.53. The Kier molecular flexibility index (Phi) is 7.80. The molecular formula is C29H27ClF3N5O2. The molecule has 3 heterocycles. The van der Waals surface area contributed by atoms with E-state index in [9.17, 15) is 22.8 Å².